The fraction of sp³-hybridized carbons (Fsp3) is 0.292. The van der Waals surface area contributed by atoms with E-state index in [1.165, 1.54) is 20.3 Å². The van der Waals surface area contributed by atoms with Crippen LogP contribution in [-0.4, -0.2) is 62.2 Å². The van der Waals surface area contributed by atoms with E-state index in [4.69, 9.17) is 14.2 Å². The van der Waals surface area contributed by atoms with Crippen molar-refractivity contribution in [2.24, 2.45) is 0 Å². The van der Waals surface area contributed by atoms with Gasteiger partial charge in [-0.05, 0) is 42.8 Å². The molecule has 2 N–H and O–H groups in total. The van der Waals surface area contributed by atoms with Crippen LogP contribution in [0.1, 0.15) is 27.1 Å². The molecule has 0 unspecified atom stereocenters. The average molecular weight is 451 g/mol. The molecule has 33 heavy (non-hydrogen) atoms. The lowest BCUT2D eigenvalue weighted by Gasteiger charge is -2.19. The first-order valence-corrected chi connectivity index (χ1v) is 10.6. The van der Waals surface area contributed by atoms with Gasteiger partial charge in [-0.15, -0.1) is 0 Å². The number of fused-ring (bicyclic) bond motifs is 1. The van der Waals surface area contributed by atoms with Gasteiger partial charge in [-0.25, -0.2) is 0 Å². The third-order valence-corrected chi connectivity index (χ3v) is 5.49. The highest BCUT2D eigenvalue weighted by atomic mass is 16.5. The van der Waals surface area contributed by atoms with Crippen LogP contribution in [-0.2, 0) is 4.74 Å². The van der Waals surface area contributed by atoms with Crippen molar-refractivity contribution < 1.29 is 23.8 Å². The quantitative estimate of drug-likeness (QED) is 0.617. The number of H-pyrrole nitrogens is 1. The maximum absolute atomic E-state index is 12.8. The Bertz CT molecular complexity index is 1230. The van der Waals surface area contributed by atoms with Gasteiger partial charge >= 0.3 is 0 Å². The Balaban J connectivity index is 1.52. The number of aromatic nitrogens is 1. The summed E-state index contributed by atoms with van der Waals surface area (Å²) in [6.45, 7) is 2.39. The van der Waals surface area contributed by atoms with Crippen molar-refractivity contribution in [3.63, 3.8) is 0 Å². The van der Waals surface area contributed by atoms with E-state index in [9.17, 15) is 14.4 Å². The second-order valence-corrected chi connectivity index (χ2v) is 7.60. The molecular formula is C24H25N3O6. The normalized spacial score (nSPS) is 13.9. The Morgan fingerprint density at radius 1 is 1.00 bits per heavy atom. The molecule has 0 spiro atoms. The fourth-order valence-electron chi connectivity index (χ4n) is 3.73. The lowest BCUT2D eigenvalue weighted by Crippen LogP contribution is -2.33. The van der Waals surface area contributed by atoms with E-state index in [1.54, 1.807) is 41.3 Å². The lowest BCUT2D eigenvalue weighted by molar-refractivity contribution is 0.0741. The molecule has 2 amide bonds. The van der Waals surface area contributed by atoms with E-state index in [0.717, 1.165) is 6.42 Å². The van der Waals surface area contributed by atoms with Crippen molar-refractivity contribution in [2.75, 3.05) is 45.8 Å². The van der Waals surface area contributed by atoms with Crippen LogP contribution in [0.4, 0.5) is 5.69 Å². The summed E-state index contributed by atoms with van der Waals surface area (Å²) < 4.78 is 15.9. The third kappa shape index (κ3) is 4.83. The second kappa shape index (κ2) is 9.74. The molecule has 2 heterocycles. The van der Waals surface area contributed by atoms with Crippen LogP contribution in [0.25, 0.3) is 10.9 Å². The Hall–Kier alpha value is -3.85. The van der Waals surface area contributed by atoms with Gasteiger partial charge < -0.3 is 29.4 Å². The topological polar surface area (TPSA) is 110 Å². The minimum atomic E-state index is -0.559. The van der Waals surface area contributed by atoms with Gasteiger partial charge in [0.25, 0.3) is 17.4 Å². The highest BCUT2D eigenvalue weighted by molar-refractivity contribution is 6.06. The first-order chi connectivity index (χ1) is 16.0. The molecule has 1 fully saturated rings. The highest BCUT2D eigenvalue weighted by Crippen LogP contribution is 2.31. The van der Waals surface area contributed by atoms with Crippen molar-refractivity contribution in [1.29, 1.82) is 0 Å². The number of pyridine rings is 1. The maximum atomic E-state index is 12.8. The predicted octanol–water partition coefficient (Wildman–Crippen LogP) is 2.66. The number of anilines is 1. The van der Waals surface area contributed by atoms with Crippen LogP contribution < -0.4 is 20.3 Å². The first-order valence-electron chi connectivity index (χ1n) is 10.6. The standard InChI is InChI=1S/C24H25N3O6/c1-31-20-13-16-12-18(23(29)26-19(16)14-21(20)32-2)22(28)25-17-6-4-15(5-7-17)24(30)27-8-3-10-33-11-9-27/h4-7,12-14H,3,8-11H2,1-2H3,(H,25,28)(H,26,29). The molecule has 4 rings (SSSR count). The number of ether oxygens (including phenoxy) is 3. The van der Waals surface area contributed by atoms with Crippen LogP contribution in [0, 0.1) is 0 Å². The van der Waals surface area contributed by atoms with Crippen molar-refractivity contribution in [3.05, 3.63) is 63.9 Å². The van der Waals surface area contributed by atoms with Gasteiger partial charge in [0.1, 0.15) is 5.56 Å². The Kier molecular flexibility index (Phi) is 6.60. The number of rotatable bonds is 5. The summed E-state index contributed by atoms with van der Waals surface area (Å²) in [4.78, 5) is 42.5. The smallest absolute Gasteiger partial charge is 0.261 e. The SMILES string of the molecule is COc1cc2cc(C(=O)Nc3ccc(C(=O)N4CCCOCC4)cc3)c(=O)[nH]c2cc1OC. The molecular weight excluding hydrogens is 426 g/mol. The molecule has 9 heteroatoms. The minimum Gasteiger partial charge on any atom is -0.493 e. The van der Waals surface area contributed by atoms with Crippen molar-refractivity contribution in [1.82, 2.24) is 9.88 Å². The number of methoxy groups -OCH3 is 2. The van der Waals surface area contributed by atoms with Gasteiger partial charge in [-0.3, -0.25) is 14.4 Å². The van der Waals surface area contributed by atoms with E-state index in [1.807, 2.05) is 0 Å². The third-order valence-electron chi connectivity index (χ3n) is 5.49. The predicted molar refractivity (Wildman–Crippen MR) is 123 cm³/mol. The molecule has 0 atom stereocenters. The summed E-state index contributed by atoms with van der Waals surface area (Å²) in [5.74, 6) is 0.324. The van der Waals surface area contributed by atoms with E-state index in [-0.39, 0.29) is 11.5 Å². The first kappa shape index (κ1) is 22.3. The zero-order valence-electron chi connectivity index (χ0n) is 18.5. The number of amides is 2. The number of hydrogen-bond acceptors (Lipinski definition) is 6. The molecule has 1 aromatic heterocycles. The number of nitrogens with zero attached hydrogens (tertiary/aromatic N) is 1. The largest absolute Gasteiger partial charge is 0.493 e. The molecule has 1 aliphatic heterocycles. The molecule has 2 aromatic carbocycles. The molecule has 9 nitrogen and oxygen atoms in total. The van der Waals surface area contributed by atoms with Crippen LogP contribution in [0.5, 0.6) is 11.5 Å². The number of nitrogens with one attached hydrogen (secondary N) is 2. The fourth-order valence-corrected chi connectivity index (χ4v) is 3.73. The Morgan fingerprint density at radius 2 is 1.73 bits per heavy atom. The van der Waals surface area contributed by atoms with Crippen LogP contribution >= 0.6 is 0 Å². The summed E-state index contributed by atoms with van der Waals surface area (Å²) >= 11 is 0. The summed E-state index contributed by atoms with van der Waals surface area (Å²) in [7, 11) is 3.02. The van der Waals surface area contributed by atoms with E-state index in [0.29, 0.717) is 60.0 Å². The summed E-state index contributed by atoms with van der Waals surface area (Å²) in [5.41, 5.74) is 0.958. The highest BCUT2D eigenvalue weighted by Gasteiger charge is 2.18. The Morgan fingerprint density at radius 3 is 2.45 bits per heavy atom. The number of hydrogen-bond donors (Lipinski definition) is 2. The van der Waals surface area contributed by atoms with Gasteiger partial charge in [0.05, 0.1) is 26.3 Å². The maximum Gasteiger partial charge on any atom is 0.261 e. The van der Waals surface area contributed by atoms with Crippen LogP contribution in [0.2, 0.25) is 0 Å². The second-order valence-electron chi connectivity index (χ2n) is 7.60. The molecule has 0 aliphatic carbocycles. The van der Waals surface area contributed by atoms with Crippen molar-refractivity contribution in [2.45, 2.75) is 6.42 Å². The molecule has 1 saturated heterocycles. The molecule has 0 radical (unpaired) electrons. The Labute approximate surface area is 190 Å². The number of aromatic amines is 1. The molecule has 3 aromatic rings. The van der Waals surface area contributed by atoms with Gasteiger partial charge in [-0.2, -0.15) is 0 Å². The molecule has 1 aliphatic rings. The van der Waals surface area contributed by atoms with Gasteiger partial charge in [-0.1, -0.05) is 0 Å². The molecule has 0 bridgehead atoms. The minimum absolute atomic E-state index is 0.0422. The van der Waals surface area contributed by atoms with E-state index < -0.39 is 11.5 Å². The van der Waals surface area contributed by atoms with Gasteiger partial charge in [0.15, 0.2) is 11.5 Å². The number of carbonyl (C=O) groups excluding carboxylic acids is 2. The van der Waals surface area contributed by atoms with E-state index >= 15 is 0 Å². The zero-order chi connectivity index (χ0) is 23.4. The summed E-state index contributed by atoms with van der Waals surface area (Å²) in [5, 5.41) is 3.34. The number of carbonyl (C=O) groups is 2. The number of benzene rings is 2. The van der Waals surface area contributed by atoms with Gasteiger partial charge in [0.2, 0.25) is 0 Å². The van der Waals surface area contributed by atoms with Gasteiger partial charge in [0, 0.05) is 42.4 Å². The monoisotopic (exact) mass is 451 g/mol. The lowest BCUT2D eigenvalue weighted by atomic mass is 10.1. The zero-order valence-corrected chi connectivity index (χ0v) is 18.5. The summed E-state index contributed by atoms with van der Waals surface area (Å²) in [6.07, 6.45) is 0.804. The molecule has 172 valence electrons. The van der Waals surface area contributed by atoms with Crippen LogP contribution in [0.15, 0.2) is 47.3 Å². The average Bonchev–Trinajstić information content (AvgIpc) is 3.12. The summed E-state index contributed by atoms with van der Waals surface area (Å²) in [6, 6.07) is 11.4. The van der Waals surface area contributed by atoms with E-state index in [2.05, 4.69) is 10.3 Å². The van der Waals surface area contributed by atoms with Crippen LogP contribution in [0.3, 0.4) is 0 Å². The van der Waals surface area contributed by atoms with Crippen molar-refractivity contribution >= 4 is 28.4 Å². The molecule has 0 saturated carbocycles. The van der Waals surface area contributed by atoms with Crippen molar-refractivity contribution in [3.8, 4) is 11.5 Å².